The Morgan fingerprint density at radius 3 is 2.35 bits per heavy atom. The molecule has 0 N–H and O–H groups in total. The molecule has 110 valence electrons. The molecule has 0 radical (unpaired) electrons. The van der Waals surface area contributed by atoms with Gasteiger partial charge in [-0.05, 0) is 47.0 Å². The van der Waals surface area contributed by atoms with Crippen LogP contribution in [0.5, 0.6) is 0 Å². The molecule has 1 aromatic rings. The van der Waals surface area contributed by atoms with Crippen LogP contribution in [0, 0.1) is 6.92 Å². The van der Waals surface area contributed by atoms with Gasteiger partial charge in [0.2, 0.25) is 0 Å². The number of nitrogens with zero attached hydrogens (tertiary/aromatic N) is 2. The Kier molecular flexibility index (Phi) is 5.32. The standard InChI is InChI=1S/C17H26N2O/c1-14-4-6-15(7-5-14)17(20)10-13-19-11-8-16(9-12-19)18(2)3/h4-7,16H,8-13H2,1-3H3. The summed E-state index contributed by atoms with van der Waals surface area (Å²) in [5.74, 6) is 0.264. The van der Waals surface area contributed by atoms with E-state index in [9.17, 15) is 4.79 Å². The van der Waals surface area contributed by atoms with Crippen molar-refractivity contribution in [3.05, 3.63) is 35.4 Å². The number of ketones is 1. The molecule has 0 aliphatic carbocycles. The molecule has 1 aromatic carbocycles. The molecule has 0 spiro atoms. The van der Waals surface area contributed by atoms with E-state index in [4.69, 9.17) is 0 Å². The lowest BCUT2D eigenvalue weighted by molar-refractivity contribution is 0.0940. The maximum absolute atomic E-state index is 12.1. The molecule has 3 nitrogen and oxygen atoms in total. The van der Waals surface area contributed by atoms with Gasteiger partial charge in [-0.25, -0.2) is 0 Å². The zero-order valence-corrected chi connectivity index (χ0v) is 12.9. The number of benzene rings is 1. The van der Waals surface area contributed by atoms with E-state index in [1.165, 1.54) is 18.4 Å². The van der Waals surface area contributed by atoms with Crippen LogP contribution >= 0.6 is 0 Å². The van der Waals surface area contributed by atoms with Crippen LogP contribution in [0.15, 0.2) is 24.3 Å². The smallest absolute Gasteiger partial charge is 0.164 e. The number of likely N-dealkylation sites (tertiary alicyclic amines) is 1. The SMILES string of the molecule is Cc1ccc(C(=O)CCN2CCC(N(C)C)CC2)cc1. The van der Waals surface area contributed by atoms with Gasteiger partial charge < -0.3 is 9.80 Å². The van der Waals surface area contributed by atoms with Gasteiger partial charge in [0.25, 0.3) is 0 Å². The minimum Gasteiger partial charge on any atom is -0.306 e. The zero-order chi connectivity index (χ0) is 14.5. The Morgan fingerprint density at radius 2 is 1.80 bits per heavy atom. The van der Waals surface area contributed by atoms with E-state index in [1.807, 2.05) is 31.2 Å². The molecule has 3 heteroatoms. The van der Waals surface area contributed by atoms with Crippen LogP contribution in [0.2, 0.25) is 0 Å². The van der Waals surface area contributed by atoms with Crippen LogP contribution in [0.1, 0.15) is 35.2 Å². The van der Waals surface area contributed by atoms with Crippen LogP contribution in [0.3, 0.4) is 0 Å². The summed E-state index contributed by atoms with van der Waals surface area (Å²) in [6, 6.07) is 8.61. The van der Waals surface area contributed by atoms with E-state index < -0.39 is 0 Å². The lowest BCUT2D eigenvalue weighted by Gasteiger charge is -2.35. The van der Waals surface area contributed by atoms with E-state index in [1.54, 1.807) is 0 Å². The molecule has 1 aliphatic rings. The summed E-state index contributed by atoms with van der Waals surface area (Å²) in [4.78, 5) is 16.9. The quantitative estimate of drug-likeness (QED) is 0.771. The Hall–Kier alpha value is -1.19. The van der Waals surface area contributed by atoms with E-state index in [0.29, 0.717) is 12.5 Å². The zero-order valence-electron chi connectivity index (χ0n) is 12.9. The van der Waals surface area contributed by atoms with E-state index in [2.05, 4.69) is 23.9 Å². The average Bonchev–Trinajstić information content (AvgIpc) is 2.46. The van der Waals surface area contributed by atoms with Gasteiger partial charge in [0.05, 0.1) is 0 Å². The summed E-state index contributed by atoms with van der Waals surface area (Å²) in [7, 11) is 4.31. The first kappa shape index (κ1) is 15.2. The monoisotopic (exact) mass is 274 g/mol. The van der Waals surface area contributed by atoms with Gasteiger partial charge in [0, 0.05) is 24.6 Å². The summed E-state index contributed by atoms with van der Waals surface area (Å²) in [6.45, 7) is 5.17. The summed E-state index contributed by atoms with van der Waals surface area (Å²) in [6.07, 6.45) is 3.06. The predicted octanol–water partition coefficient (Wildman–Crippen LogP) is 2.59. The molecule has 1 fully saturated rings. The number of hydrogen-bond donors (Lipinski definition) is 0. The summed E-state index contributed by atoms with van der Waals surface area (Å²) >= 11 is 0. The third-order valence-electron chi connectivity index (χ3n) is 4.32. The Morgan fingerprint density at radius 1 is 1.20 bits per heavy atom. The number of rotatable bonds is 5. The normalized spacial score (nSPS) is 17.6. The van der Waals surface area contributed by atoms with Crippen molar-refractivity contribution >= 4 is 5.78 Å². The van der Waals surface area contributed by atoms with Crippen molar-refractivity contribution < 1.29 is 4.79 Å². The first-order valence-corrected chi connectivity index (χ1v) is 7.55. The van der Waals surface area contributed by atoms with Crippen molar-refractivity contribution in [3.63, 3.8) is 0 Å². The molecule has 1 saturated heterocycles. The summed E-state index contributed by atoms with van der Waals surface area (Å²) in [5.41, 5.74) is 2.05. The molecule has 0 atom stereocenters. The fourth-order valence-corrected chi connectivity index (χ4v) is 2.80. The minimum absolute atomic E-state index is 0.264. The topological polar surface area (TPSA) is 23.6 Å². The van der Waals surface area contributed by atoms with E-state index in [0.717, 1.165) is 25.2 Å². The van der Waals surface area contributed by atoms with Crippen LogP contribution in [-0.2, 0) is 0 Å². The molecule has 0 saturated carbocycles. The number of carbonyl (C=O) groups excluding carboxylic acids is 1. The summed E-state index contributed by atoms with van der Waals surface area (Å²) in [5, 5.41) is 0. The van der Waals surface area contributed by atoms with Gasteiger partial charge in [-0.15, -0.1) is 0 Å². The number of Topliss-reactive ketones (excluding diaryl/α,β-unsaturated/α-hetero) is 1. The highest BCUT2D eigenvalue weighted by molar-refractivity contribution is 5.96. The second-order valence-corrected chi connectivity index (χ2v) is 6.08. The second kappa shape index (κ2) is 7.00. The fraction of sp³-hybridized carbons (Fsp3) is 0.588. The third kappa shape index (κ3) is 4.15. The molecule has 0 unspecified atom stereocenters. The molecule has 0 aromatic heterocycles. The van der Waals surface area contributed by atoms with Crippen molar-refractivity contribution in [2.75, 3.05) is 33.7 Å². The maximum Gasteiger partial charge on any atom is 0.164 e. The number of piperidine rings is 1. The molecular formula is C17H26N2O. The molecule has 1 aliphatic heterocycles. The number of carbonyl (C=O) groups is 1. The van der Waals surface area contributed by atoms with E-state index >= 15 is 0 Å². The van der Waals surface area contributed by atoms with Crippen LogP contribution in [-0.4, -0.2) is 55.4 Å². The van der Waals surface area contributed by atoms with Crippen molar-refractivity contribution in [2.45, 2.75) is 32.2 Å². The van der Waals surface area contributed by atoms with Crippen LogP contribution in [0.25, 0.3) is 0 Å². The maximum atomic E-state index is 12.1. The lowest BCUT2D eigenvalue weighted by atomic mass is 10.0. The average molecular weight is 274 g/mol. The van der Waals surface area contributed by atoms with Gasteiger partial charge in [-0.3, -0.25) is 4.79 Å². The molecule has 2 rings (SSSR count). The Balaban J connectivity index is 1.76. The fourth-order valence-electron chi connectivity index (χ4n) is 2.80. The molecule has 20 heavy (non-hydrogen) atoms. The highest BCUT2D eigenvalue weighted by atomic mass is 16.1. The van der Waals surface area contributed by atoms with Crippen molar-refractivity contribution in [1.82, 2.24) is 9.80 Å². The molecule has 0 bridgehead atoms. The third-order valence-corrected chi connectivity index (χ3v) is 4.32. The highest BCUT2D eigenvalue weighted by Gasteiger charge is 2.20. The Bertz CT molecular complexity index is 431. The molecule has 0 amide bonds. The van der Waals surface area contributed by atoms with Crippen molar-refractivity contribution in [3.8, 4) is 0 Å². The second-order valence-electron chi connectivity index (χ2n) is 6.08. The number of aryl methyl sites for hydroxylation is 1. The Labute approximate surface area is 122 Å². The van der Waals surface area contributed by atoms with Gasteiger partial charge in [0.15, 0.2) is 5.78 Å². The minimum atomic E-state index is 0.264. The molecular weight excluding hydrogens is 248 g/mol. The summed E-state index contributed by atoms with van der Waals surface area (Å²) < 4.78 is 0. The predicted molar refractivity (Wildman–Crippen MR) is 83.3 cm³/mol. The van der Waals surface area contributed by atoms with Gasteiger partial charge >= 0.3 is 0 Å². The van der Waals surface area contributed by atoms with Crippen LogP contribution < -0.4 is 0 Å². The first-order valence-electron chi connectivity index (χ1n) is 7.55. The highest BCUT2D eigenvalue weighted by Crippen LogP contribution is 2.15. The largest absolute Gasteiger partial charge is 0.306 e. The van der Waals surface area contributed by atoms with Crippen LogP contribution in [0.4, 0.5) is 0 Å². The van der Waals surface area contributed by atoms with E-state index in [-0.39, 0.29) is 5.78 Å². The first-order chi connectivity index (χ1) is 9.56. The van der Waals surface area contributed by atoms with Crippen molar-refractivity contribution in [1.29, 1.82) is 0 Å². The van der Waals surface area contributed by atoms with Gasteiger partial charge in [-0.2, -0.15) is 0 Å². The number of hydrogen-bond acceptors (Lipinski definition) is 3. The van der Waals surface area contributed by atoms with Gasteiger partial charge in [-0.1, -0.05) is 29.8 Å². The van der Waals surface area contributed by atoms with Gasteiger partial charge in [0.1, 0.15) is 0 Å². The lowest BCUT2D eigenvalue weighted by Crippen LogP contribution is -2.42. The molecule has 1 heterocycles. The van der Waals surface area contributed by atoms with Crippen molar-refractivity contribution in [2.24, 2.45) is 0 Å².